The van der Waals surface area contributed by atoms with Gasteiger partial charge in [0.15, 0.2) is 11.2 Å². The van der Waals surface area contributed by atoms with Crippen LogP contribution in [0.1, 0.15) is 77.6 Å². The number of carbonyl (C=O) groups excluding carboxylic acids is 3. The number of aliphatic hydroxyl groups is 1. The lowest BCUT2D eigenvalue weighted by Crippen LogP contribution is -2.68. The van der Waals surface area contributed by atoms with E-state index in [-0.39, 0.29) is 40.5 Å². The first-order chi connectivity index (χ1) is 24.2. The molecule has 5 rings (SSSR count). The lowest BCUT2D eigenvalue weighted by Gasteiger charge is -2.49. The SMILES string of the molecule is CC(C)(O)CNC(=O)c1ccc(N2C3CCC2(NC(=O)C(C)(C)Oc2ccc(Cl)cc2Cl)CC(NC(=O)C(C)(C)Oc2ccc(Cl)cc2Cl)C3)nc1. The molecule has 0 radical (unpaired) electrons. The zero-order valence-corrected chi connectivity index (χ0v) is 32.8. The van der Waals surface area contributed by atoms with E-state index in [1.165, 1.54) is 12.3 Å². The molecule has 0 aliphatic carbocycles. The molecule has 11 nitrogen and oxygen atoms in total. The topological polar surface area (TPSA) is 142 Å². The molecule has 0 spiro atoms. The van der Waals surface area contributed by atoms with Crippen molar-refractivity contribution in [3.8, 4) is 11.5 Å². The van der Waals surface area contributed by atoms with Crippen LogP contribution in [-0.4, -0.2) is 68.9 Å². The Hall–Kier alpha value is -3.48. The average molecular weight is 796 g/mol. The molecule has 3 unspecified atom stereocenters. The Morgan fingerprint density at radius 2 is 1.46 bits per heavy atom. The van der Waals surface area contributed by atoms with Crippen molar-refractivity contribution < 1.29 is 29.0 Å². The molecule has 2 aliphatic heterocycles. The molecule has 52 heavy (non-hydrogen) atoms. The number of aromatic nitrogens is 1. The van der Waals surface area contributed by atoms with Gasteiger partial charge in [0, 0.05) is 41.3 Å². The Kier molecular flexibility index (Phi) is 11.5. The standard InChI is InChI=1S/C37H43Cl4N5O6/c1-34(2,50)20-43-31(47)21-7-12-30(42-19-21)46-25-13-14-37(46,45-33(49)36(5,6)52-29-11-9-23(39)16-27(29)41)18-24(17-25)44-32(48)35(3,4)51-28-10-8-22(38)15-26(28)40/h7-12,15-16,19,24-25,50H,13-14,17-18,20H2,1-6H3,(H,43,47)(H,44,48)(H,45,49). The van der Waals surface area contributed by atoms with E-state index < -0.39 is 28.4 Å². The Morgan fingerprint density at radius 1 is 0.885 bits per heavy atom. The number of halogens is 4. The number of pyridine rings is 1. The van der Waals surface area contributed by atoms with Crippen molar-refractivity contribution in [1.29, 1.82) is 0 Å². The van der Waals surface area contributed by atoms with Gasteiger partial charge < -0.3 is 35.4 Å². The van der Waals surface area contributed by atoms with E-state index in [1.807, 2.05) is 0 Å². The van der Waals surface area contributed by atoms with Crippen LogP contribution in [0.4, 0.5) is 5.82 Å². The number of fused-ring (bicyclic) bond motifs is 2. The summed E-state index contributed by atoms with van der Waals surface area (Å²) in [5.74, 6) is 0.00126. The quantitative estimate of drug-likeness (QED) is 0.154. The molecule has 3 amide bonds. The summed E-state index contributed by atoms with van der Waals surface area (Å²) in [7, 11) is 0. The van der Waals surface area contributed by atoms with Gasteiger partial charge in [-0.15, -0.1) is 0 Å². The van der Waals surface area contributed by atoms with Crippen LogP contribution in [0.15, 0.2) is 54.7 Å². The van der Waals surface area contributed by atoms with Crippen molar-refractivity contribution in [3.05, 3.63) is 80.4 Å². The van der Waals surface area contributed by atoms with Crippen molar-refractivity contribution in [1.82, 2.24) is 20.9 Å². The van der Waals surface area contributed by atoms with Gasteiger partial charge in [-0.25, -0.2) is 4.98 Å². The highest BCUT2D eigenvalue weighted by Crippen LogP contribution is 2.45. The summed E-state index contributed by atoms with van der Waals surface area (Å²) in [4.78, 5) is 47.4. The van der Waals surface area contributed by atoms with Gasteiger partial charge in [-0.2, -0.15) is 0 Å². The van der Waals surface area contributed by atoms with Gasteiger partial charge in [-0.1, -0.05) is 46.4 Å². The number of hydrogen-bond acceptors (Lipinski definition) is 8. The molecular formula is C37H43Cl4N5O6. The fourth-order valence-electron chi connectivity index (χ4n) is 6.48. The van der Waals surface area contributed by atoms with Crippen LogP contribution in [0.5, 0.6) is 11.5 Å². The zero-order chi connectivity index (χ0) is 38.2. The number of anilines is 1. The van der Waals surface area contributed by atoms with E-state index in [0.29, 0.717) is 58.6 Å². The lowest BCUT2D eigenvalue weighted by atomic mass is 9.90. The van der Waals surface area contributed by atoms with Crippen LogP contribution in [0.2, 0.25) is 20.1 Å². The molecule has 3 atom stereocenters. The number of rotatable bonds is 12. The number of piperidine rings is 1. The summed E-state index contributed by atoms with van der Waals surface area (Å²) in [6.07, 6.45) is 3.58. The number of ether oxygens (including phenoxy) is 2. The highest BCUT2D eigenvalue weighted by Gasteiger charge is 2.55. The number of amides is 3. The molecule has 15 heteroatoms. The van der Waals surface area contributed by atoms with Crippen molar-refractivity contribution in [3.63, 3.8) is 0 Å². The Morgan fingerprint density at radius 3 is 1.98 bits per heavy atom. The zero-order valence-electron chi connectivity index (χ0n) is 29.8. The average Bonchev–Trinajstić information content (AvgIpc) is 3.28. The van der Waals surface area contributed by atoms with E-state index in [0.717, 1.165) is 0 Å². The Balaban J connectivity index is 1.40. The van der Waals surface area contributed by atoms with Gasteiger partial charge in [0.05, 0.1) is 21.2 Å². The van der Waals surface area contributed by atoms with Gasteiger partial charge in [-0.05, 0) is 109 Å². The van der Waals surface area contributed by atoms with Crippen LogP contribution >= 0.6 is 46.4 Å². The van der Waals surface area contributed by atoms with Gasteiger partial charge in [0.25, 0.3) is 17.7 Å². The highest BCUT2D eigenvalue weighted by atomic mass is 35.5. The maximum Gasteiger partial charge on any atom is 0.265 e. The Bertz CT molecular complexity index is 1830. The van der Waals surface area contributed by atoms with E-state index in [2.05, 4.69) is 25.8 Å². The minimum absolute atomic E-state index is 0.0672. The summed E-state index contributed by atoms with van der Waals surface area (Å²) in [6.45, 7) is 9.86. The normalized spacial score (nSPS) is 20.2. The number of nitrogens with one attached hydrogen (secondary N) is 3. The minimum atomic E-state index is -1.38. The molecule has 3 heterocycles. The second-order valence-electron chi connectivity index (χ2n) is 14.9. The monoisotopic (exact) mass is 793 g/mol. The third-order valence-corrected chi connectivity index (χ3v) is 10.2. The largest absolute Gasteiger partial charge is 0.476 e. The molecule has 2 aromatic carbocycles. The number of hydrogen-bond donors (Lipinski definition) is 4. The molecule has 2 aliphatic rings. The molecule has 280 valence electrons. The second-order valence-corrected chi connectivity index (χ2v) is 16.6. The van der Waals surface area contributed by atoms with Crippen LogP contribution in [0, 0.1) is 0 Å². The van der Waals surface area contributed by atoms with Crippen molar-refractivity contribution in [2.24, 2.45) is 0 Å². The van der Waals surface area contributed by atoms with E-state index >= 15 is 0 Å². The molecular weight excluding hydrogens is 752 g/mol. The summed E-state index contributed by atoms with van der Waals surface area (Å²) >= 11 is 24.8. The number of benzene rings is 2. The van der Waals surface area contributed by atoms with Crippen LogP contribution in [-0.2, 0) is 9.59 Å². The van der Waals surface area contributed by atoms with E-state index in [1.54, 1.807) is 84.0 Å². The number of carbonyl (C=O) groups is 3. The van der Waals surface area contributed by atoms with Gasteiger partial charge in [0.1, 0.15) is 23.0 Å². The van der Waals surface area contributed by atoms with Crippen molar-refractivity contribution in [2.75, 3.05) is 11.4 Å². The third-order valence-electron chi connectivity index (χ3n) is 9.09. The first-order valence-corrected chi connectivity index (χ1v) is 18.4. The first kappa shape index (κ1) is 39.7. The maximum absolute atomic E-state index is 14.2. The summed E-state index contributed by atoms with van der Waals surface area (Å²) < 4.78 is 12.2. The summed E-state index contributed by atoms with van der Waals surface area (Å²) in [5, 5.41) is 20.6. The predicted molar refractivity (Wildman–Crippen MR) is 203 cm³/mol. The minimum Gasteiger partial charge on any atom is -0.476 e. The fraction of sp³-hybridized carbons (Fsp3) is 0.459. The lowest BCUT2D eigenvalue weighted by molar-refractivity contribution is -0.137. The molecule has 3 aromatic rings. The molecule has 1 aromatic heterocycles. The van der Waals surface area contributed by atoms with Gasteiger partial charge >= 0.3 is 0 Å². The van der Waals surface area contributed by atoms with E-state index in [9.17, 15) is 19.5 Å². The maximum atomic E-state index is 14.2. The fourth-order valence-corrected chi connectivity index (χ4v) is 7.37. The molecule has 4 N–H and O–H groups in total. The highest BCUT2D eigenvalue weighted by molar-refractivity contribution is 6.36. The molecule has 2 fully saturated rings. The van der Waals surface area contributed by atoms with Crippen molar-refractivity contribution in [2.45, 2.75) is 102 Å². The summed E-state index contributed by atoms with van der Waals surface area (Å²) in [5.41, 5.74) is -4.44. The molecule has 2 bridgehead atoms. The molecule has 2 saturated heterocycles. The van der Waals surface area contributed by atoms with E-state index in [4.69, 9.17) is 55.9 Å². The van der Waals surface area contributed by atoms with Gasteiger partial charge in [0.2, 0.25) is 0 Å². The third kappa shape index (κ3) is 9.17. The van der Waals surface area contributed by atoms with Crippen LogP contribution < -0.4 is 30.3 Å². The Labute approximate surface area is 323 Å². The molecule has 0 saturated carbocycles. The number of nitrogens with zero attached hydrogens (tertiary/aromatic N) is 2. The smallest absolute Gasteiger partial charge is 0.265 e. The van der Waals surface area contributed by atoms with Gasteiger partial charge in [-0.3, -0.25) is 14.4 Å². The predicted octanol–water partition coefficient (Wildman–Crippen LogP) is 6.97. The van der Waals surface area contributed by atoms with Crippen LogP contribution in [0.25, 0.3) is 0 Å². The second kappa shape index (κ2) is 15.1. The first-order valence-electron chi connectivity index (χ1n) is 16.9. The van der Waals surface area contributed by atoms with Crippen molar-refractivity contribution >= 4 is 69.9 Å². The van der Waals surface area contributed by atoms with Crippen LogP contribution in [0.3, 0.4) is 0 Å². The summed E-state index contributed by atoms with van der Waals surface area (Å²) in [6, 6.07) is 12.4.